The number of amides is 4. The number of aromatic hydroxyl groups is 1. The zero-order valence-electron chi connectivity index (χ0n) is 20.3. The number of nitrogens with one attached hydrogen (secondary N) is 1. The Bertz CT molecular complexity index is 1310. The van der Waals surface area contributed by atoms with E-state index in [0.717, 1.165) is 21.9 Å². The number of carbonyl (C=O) groups excluding carboxylic acids is 3. The molecule has 0 aromatic heterocycles. The van der Waals surface area contributed by atoms with Crippen molar-refractivity contribution < 1.29 is 19.5 Å². The molecule has 2 aliphatic rings. The first-order chi connectivity index (χ1) is 17.4. The van der Waals surface area contributed by atoms with E-state index in [4.69, 9.17) is 0 Å². The number of hydrogen-bond acceptors (Lipinski definition) is 5. The number of phenolic OH excluding ortho intramolecular Hbond substituents is 1. The van der Waals surface area contributed by atoms with Crippen LogP contribution in [-0.4, -0.2) is 82.2 Å². The van der Waals surface area contributed by atoms with Crippen molar-refractivity contribution in [2.24, 2.45) is 0 Å². The molecular formula is C27H29N5O4. The first-order valence-electron chi connectivity index (χ1n) is 11.9. The fourth-order valence-electron chi connectivity index (χ4n) is 5.22. The van der Waals surface area contributed by atoms with Crippen LogP contribution < -0.4 is 5.32 Å². The normalized spacial score (nSPS) is 20.1. The van der Waals surface area contributed by atoms with Gasteiger partial charge in [0.2, 0.25) is 11.8 Å². The molecule has 2 heterocycles. The van der Waals surface area contributed by atoms with Gasteiger partial charge in [-0.1, -0.05) is 54.6 Å². The number of urea groups is 1. The van der Waals surface area contributed by atoms with E-state index in [9.17, 15) is 19.5 Å². The number of carbonyl (C=O) groups is 3. The zero-order valence-corrected chi connectivity index (χ0v) is 20.3. The van der Waals surface area contributed by atoms with Gasteiger partial charge in [-0.15, -0.1) is 0 Å². The smallest absolute Gasteiger partial charge is 0.331 e. The lowest BCUT2D eigenvalue weighted by Crippen LogP contribution is -2.65. The SMILES string of the molecule is CNC(=O)N(C)N1CC(=O)N2[C@@H](Cc3ccc(O)cc3)C(=O)N(Cc3cccc4ccccc34)C[C@@H]21. The van der Waals surface area contributed by atoms with Gasteiger partial charge in [0.05, 0.1) is 13.1 Å². The number of benzene rings is 3. The molecule has 0 aliphatic carbocycles. The molecule has 0 bridgehead atoms. The van der Waals surface area contributed by atoms with Crippen LogP contribution in [0, 0.1) is 0 Å². The van der Waals surface area contributed by atoms with Gasteiger partial charge in [0.15, 0.2) is 0 Å². The summed E-state index contributed by atoms with van der Waals surface area (Å²) in [6.45, 7) is 0.680. The van der Waals surface area contributed by atoms with Crippen LogP contribution in [0.15, 0.2) is 66.7 Å². The summed E-state index contributed by atoms with van der Waals surface area (Å²) in [5.74, 6) is -0.192. The largest absolute Gasteiger partial charge is 0.508 e. The lowest BCUT2D eigenvalue weighted by molar-refractivity contribution is -0.157. The van der Waals surface area contributed by atoms with Crippen LogP contribution in [0.3, 0.4) is 0 Å². The standard InChI is InChI=1S/C27H29N5O4/c1-28-27(36)29(2)31-17-25(34)32-23(14-18-10-12-21(33)13-11-18)26(35)30(16-24(31)32)15-20-8-5-7-19-6-3-4-9-22(19)20/h3-13,23-24,33H,14-17H2,1-2H3,(H,28,36)/t23-,24+/m0/s1. The average molecular weight is 488 g/mol. The second-order valence-corrected chi connectivity index (χ2v) is 9.20. The minimum Gasteiger partial charge on any atom is -0.508 e. The predicted octanol–water partition coefficient (Wildman–Crippen LogP) is 2.16. The Morgan fingerprint density at radius 3 is 2.53 bits per heavy atom. The Hall–Kier alpha value is -4.11. The van der Waals surface area contributed by atoms with E-state index in [1.165, 1.54) is 5.01 Å². The lowest BCUT2D eigenvalue weighted by Gasteiger charge is -2.45. The van der Waals surface area contributed by atoms with Gasteiger partial charge in [0.1, 0.15) is 18.0 Å². The second kappa shape index (κ2) is 9.50. The van der Waals surface area contributed by atoms with E-state index in [-0.39, 0.29) is 36.7 Å². The number of rotatable bonds is 5. The summed E-state index contributed by atoms with van der Waals surface area (Å²) < 4.78 is 0. The van der Waals surface area contributed by atoms with E-state index >= 15 is 0 Å². The van der Waals surface area contributed by atoms with Crippen molar-refractivity contribution in [3.05, 3.63) is 77.9 Å². The fraction of sp³-hybridized carbons (Fsp3) is 0.296. The van der Waals surface area contributed by atoms with Gasteiger partial charge in [-0.2, -0.15) is 5.01 Å². The third-order valence-electron chi connectivity index (χ3n) is 7.07. The Balaban J connectivity index is 1.51. The maximum atomic E-state index is 13.9. The van der Waals surface area contributed by atoms with Gasteiger partial charge >= 0.3 is 6.03 Å². The number of phenols is 1. The Kier molecular flexibility index (Phi) is 6.24. The van der Waals surface area contributed by atoms with Crippen LogP contribution in [-0.2, 0) is 22.6 Å². The number of nitrogens with zero attached hydrogens (tertiary/aromatic N) is 4. The van der Waals surface area contributed by atoms with Crippen LogP contribution in [0.1, 0.15) is 11.1 Å². The first kappa shape index (κ1) is 23.6. The van der Waals surface area contributed by atoms with E-state index in [2.05, 4.69) is 5.32 Å². The quantitative estimate of drug-likeness (QED) is 0.575. The lowest BCUT2D eigenvalue weighted by atomic mass is 9.99. The molecule has 36 heavy (non-hydrogen) atoms. The third kappa shape index (κ3) is 4.22. The van der Waals surface area contributed by atoms with Gasteiger partial charge < -0.3 is 20.2 Å². The molecular weight excluding hydrogens is 458 g/mol. The maximum absolute atomic E-state index is 13.9. The molecule has 9 nitrogen and oxygen atoms in total. The molecule has 186 valence electrons. The van der Waals surface area contributed by atoms with Gasteiger partial charge in [0.25, 0.3) is 0 Å². The molecule has 0 unspecified atom stereocenters. The highest BCUT2D eigenvalue weighted by Gasteiger charge is 2.51. The molecule has 2 aliphatic heterocycles. The Labute approximate surface area is 209 Å². The summed E-state index contributed by atoms with van der Waals surface area (Å²) in [6.07, 6.45) is -0.167. The molecule has 3 aromatic rings. The molecule has 2 atom stereocenters. The molecule has 4 amide bonds. The summed E-state index contributed by atoms with van der Waals surface area (Å²) in [6, 6.07) is 19.7. The van der Waals surface area contributed by atoms with Gasteiger partial charge in [-0.25, -0.2) is 4.79 Å². The summed E-state index contributed by atoms with van der Waals surface area (Å²) in [4.78, 5) is 42.9. The van der Waals surface area contributed by atoms with Crippen LogP contribution in [0.4, 0.5) is 4.79 Å². The molecule has 0 spiro atoms. The summed E-state index contributed by atoms with van der Waals surface area (Å²) in [5.41, 5.74) is 1.86. The minimum atomic E-state index is -0.723. The van der Waals surface area contributed by atoms with E-state index in [1.54, 1.807) is 53.2 Å². The number of piperazine rings is 1. The molecule has 0 saturated carbocycles. The topological polar surface area (TPSA) is 96.4 Å². The van der Waals surface area contributed by atoms with Crippen molar-refractivity contribution in [2.45, 2.75) is 25.2 Å². The van der Waals surface area contributed by atoms with Gasteiger partial charge in [-0.3, -0.25) is 14.6 Å². The minimum absolute atomic E-state index is 0.00997. The van der Waals surface area contributed by atoms with Crippen LogP contribution in [0.25, 0.3) is 10.8 Å². The highest BCUT2D eigenvalue weighted by atomic mass is 16.3. The molecule has 0 radical (unpaired) electrons. The maximum Gasteiger partial charge on any atom is 0.331 e. The van der Waals surface area contributed by atoms with E-state index < -0.39 is 12.2 Å². The van der Waals surface area contributed by atoms with Gasteiger partial charge in [-0.05, 0) is 34.0 Å². The van der Waals surface area contributed by atoms with Crippen molar-refractivity contribution >= 4 is 28.6 Å². The van der Waals surface area contributed by atoms with E-state index in [0.29, 0.717) is 13.0 Å². The molecule has 2 saturated heterocycles. The van der Waals surface area contributed by atoms with E-state index in [1.807, 2.05) is 42.5 Å². The number of hydrazine groups is 1. The number of fused-ring (bicyclic) bond motifs is 2. The van der Waals surface area contributed by atoms with Crippen molar-refractivity contribution in [3.8, 4) is 5.75 Å². The van der Waals surface area contributed by atoms with Crippen LogP contribution in [0.5, 0.6) is 5.75 Å². The molecule has 2 N–H and O–H groups in total. The highest BCUT2D eigenvalue weighted by Crippen LogP contribution is 2.31. The Morgan fingerprint density at radius 1 is 1.06 bits per heavy atom. The van der Waals surface area contributed by atoms with Crippen molar-refractivity contribution in [1.82, 2.24) is 25.1 Å². The molecule has 2 fully saturated rings. The monoisotopic (exact) mass is 487 g/mol. The fourth-order valence-corrected chi connectivity index (χ4v) is 5.22. The first-order valence-corrected chi connectivity index (χ1v) is 11.9. The van der Waals surface area contributed by atoms with Gasteiger partial charge in [0, 0.05) is 27.1 Å². The Morgan fingerprint density at radius 2 is 1.78 bits per heavy atom. The third-order valence-corrected chi connectivity index (χ3v) is 7.07. The van der Waals surface area contributed by atoms with Crippen molar-refractivity contribution in [2.75, 3.05) is 27.2 Å². The van der Waals surface area contributed by atoms with Crippen LogP contribution in [0.2, 0.25) is 0 Å². The molecule has 9 heteroatoms. The molecule has 3 aromatic carbocycles. The highest BCUT2D eigenvalue weighted by molar-refractivity contribution is 5.92. The molecule has 5 rings (SSSR count). The summed E-state index contributed by atoms with van der Waals surface area (Å²) >= 11 is 0. The summed E-state index contributed by atoms with van der Waals surface area (Å²) in [7, 11) is 3.16. The van der Waals surface area contributed by atoms with Crippen molar-refractivity contribution in [1.29, 1.82) is 0 Å². The number of hydrogen-bond donors (Lipinski definition) is 2. The second-order valence-electron chi connectivity index (χ2n) is 9.20. The zero-order chi connectivity index (χ0) is 25.4. The summed E-state index contributed by atoms with van der Waals surface area (Å²) in [5, 5.41) is 17.6. The van der Waals surface area contributed by atoms with Crippen molar-refractivity contribution in [3.63, 3.8) is 0 Å². The van der Waals surface area contributed by atoms with Crippen LogP contribution >= 0.6 is 0 Å². The average Bonchev–Trinajstić information content (AvgIpc) is 3.22. The predicted molar refractivity (Wildman–Crippen MR) is 135 cm³/mol.